The molecule has 5 nitrogen and oxygen atoms in total. The summed E-state index contributed by atoms with van der Waals surface area (Å²) in [5.74, 6) is -0.393. The largest absolute Gasteiger partial charge is 0.481 e. The van der Waals surface area contributed by atoms with Crippen LogP contribution in [0.15, 0.2) is 66.7 Å². The average Bonchev–Trinajstić information content (AvgIpc) is 2.86. The lowest BCUT2D eigenvalue weighted by molar-refractivity contribution is -0.138. The Balaban J connectivity index is 1.59. The number of nitrogens with one attached hydrogen (secondary N) is 1. The molecule has 31 heavy (non-hydrogen) atoms. The first-order valence-electron chi connectivity index (χ1n) is 9.80. The number of carbonyl (C=O) groups excluding carboxylic acids is 2. The Kier molecular flexibility index (Phi) is 5.91. The van der Waals surface area contributed by atoms with E-state index < -0.39 is 6.10 Å². The number of nitrogens with zero attached hydrogens (tertiary/aromatic N) is 1. The van der Waals surface area contributed by atoms with Gasteiger partial charge in [-0.2, -0.15) is 0 Å². The van der Waals surface area contributed by atoms with Gasteiger partial charge in [0, 0.05) is 29.9 Å². The van der Waals surface area contributed by atoms with Crippen LogP contribution in [-0.2, 0) is 17.9 Å². The standard InChI is InChI=1S/C24H20ClFN2O3/c1-15-24(30)28(13-16-6-2-5-9-21(16)26)14-17-12-18(10-11-22(17)31-15)27-23(29)19-7-3-4-8-20(19)25/h2-12,15H,13-14H2,1H3,(H,27,29). The maximum absolute atomic E-state index is 14.1. The van der Waals surface area contributed by atoms with Gasteiger partial charge in [-0.15, -0.1) is 0 Å². The first-order chi connectivity index (χ1) is 14.9. The second-order valence-electron chi connectivity index (χ2n) is 7.30. The summed E-state index contributed by atoms with van der Waals surface area (Å²) < 4.78 is 20.0. The van der Waals surface area contributed by atoms with Crippen molar-refractivity contribution in [3.63, 3.8) is 0 Å². The van der Waals surface area contributed by atoms with E-state index in [-0.39, 0.29) is 30.7 Å². The van der Waals surface area contributed by atoms with Crippen LogP contribution in [0.4, 0.5) is 10.1 Å². The Labute approximate surface area is 184 Å². The van der Waals surface area contributed by atoms with E-state index >= 15 is 0 Å². The third kappa shape index (κ3) is 4.54. The molecule has 158 valence electrons. The lowest BCUT2D eigenvalue weighted by Crippen LogP contribution is -2.37. The maximum atomic E-state index is 14.1. The van der Waals surface area contributed by atoms with Crippen LogP contribution < -0.4 is 10.1 Å². The maximum Gasteiger partial charge on any atom is 0.263 e. The van der Waals surface area contributed by atoms with Crippen molar-refractivity contribution in [3.8, 4) is 5.75 Å². The normalized spacial score (nSPS) is 15.6. The molecule has 0 aliphatic carbocycles. The number of halogens is 2. The van der Waals surface area contributed by atoms with Crippen LogP contribution in [0.1, 0.15) is 28.4 Å². The molecule has 1 N–H and O–H groups in total. The Morgan fingerprint density at radius 1 is 1.16 bits per heavy atom. The molecule has 3 aromatic carbocycles. The van der Waals surface area contributed by atoms with E-state index in [4.69, 9.17) is 16.3 Å². The number of rotatable bonds is 4. The summed E-state index contributed by atoms with van der Waals surface area (Å²) in [7, 11) is 0. The Morgan fingerprint density at radius 3 is 2.68 bits per heavy atom. The van der Waals surface area contributed by atoms with Crippen LogP contribution in [0.2, 0.25) is 5.02 Å². The summed E-state index contributed by atoms with van der Waals surface area (Å²) in [6, 6.07) is 18.3. The molecule has 0 bridgehead atoms. The highest BCUT2D eigenvalue weighted by atomic mass is 35.5. The highest BCUT2D eigenvalue weighted by molar-refractivity contribution is 6.34. The Bertz CT molecular complexity index is 1150. The number of anilines is 1. The van der Waals surface area contributed by atoms with Gasteiger partial charge in [0.1, 0.15) is 11.6 Å². The lowest BCUT2D eigenvalue weighted by atomic mass is 10.1. The number of ether oxygens (including phenoxy) is 1. The molecule has 1 atom stereocenters. The van der Waals surface area contributed by atoms with Crippen molar-refractivity contribution in [2.75, 3.05) is 5.32 Å². The summed E-state index contributed by atoms with van der Waals surface area (Å²) in [6.07, 6.45) is -0.711. The zero-order valence-corrected chi connectivity index (χ0v) is 17.5. The summed E-state index contributed by atoms with van der Waals surface area (Å²) in [5.41, 5.74) is 2.04. The van der Waals surface area contributed by atoms with E-state index in [1.807, 2.05) is 0 Å². The number of amides is 2. The molecule has 1 aliphatic heterocycles. The fourth-order valence-corrected chi connectivity index (χ4v) is 3.71. The number of hydrogen-bond donors (Lipinski definition) is 1. The van der Waals surface area contributed by atoms with Crippen LogP contribution in [-0.4, -0.2) is 22.8 Å². The molecule has 0 radical (unpaired) electrons. The highest BCUT2D eigenvalue weighted by Crippen LogP contribution is 2.30. The molecular weight excluding hydrogens is 419 g/mol. The van der Waals surface area contributed by atoms with Crippen molar-refractivity contribution in [3.05, 3.63) is 94.3 Å². The molecule has 0 saturated carbocycles. The van der Waals surface area contributed by atoms with Crippen LogP contribution in [0.25, 0.3) is 0 Å². The van der Waals surface area contributed by atoms with Gasteiger partial charge in [-0.3, -0.25) is 9.59 Å². The molecule has 0 spiro atoms. The van der Waals surface area contributed by atoms with Gasteiger partial charge in [0.15, 0.2) is 6.10 Å². The number of benzene rings is 3. The van der Waals surface area contributed by atoms with Crippen LogP contribution in [0.3, 0.4) is 0 Å². The molecule has 3 aromatic rings. The Morgan fingerprint density at radius 2 is 1.90 bits per heavy atom. The highest BCUT2D eigenvalue weighted by Gasteiger charge is 2.28. The van der Waals surface area contributed by atoms with E-state index in [0.717, 1.165) is 0 Å². The molecule has 1 aliphatic rings. The molecule has 0 aromatic heterocycles. The quantitative estimate of drug-likeness (QED) is 0.620. The van der Waals surface area contributed by atoms with Gasteiger partial charge in [-0.1, -0.05) is 41.9 Å². The first kappa shape index (κ1) is 20.9. The van der Waals surface area contributed by atoms with Crippen LogP contribution in [0.5, 0.6) is 5.75 Å². The minimum absolute atomic E-state index is 0.120. The molecule has 1 unspecified atom stereocenters. The second kappa shape index (κ2) is 8.78. The smallest absolute Gasteiger partial charge is 0.263 e. The topological polar surface area (TPSA) is 58.6 Å². The SMILES string of the molecule is CC1Oc2ccc(NC(=O)c3ccccc3Cl)cc2CN(Cc2ccccc2F)C1=O. The number of fused-ring (bicyclic) bond motifs is 1. The summed E-state index contributed by atoms with van der Waals surface area (Å²) in [4.78, 5) is 26.9. The molecule has 7 heteroatoms. The van der Waals surface area contributed by atoms with Crippen molar-refractivity contribution < 1.29 is 18.7 Å². The zero-order valence-electron chi connectivity index (χ0n) is 16.8. The fraction of sp³-hybridized carbons (Fsp3) is 0.167. The van der Waals surface area contributed by atoms with Crippen LogP contribution >= 0.6 is 11.6 Å². The van der Waals surface area contributed by atoms with Gasteiger partial charge in [0.25, 0.3) is 11.8 Å². The monoisotopic (exact) mass is 438 g/mol. The molecule has 4 rings (SSSR count). The molecule has 1 heterocycles. The average molecular weight is 439 g/mol. The molecule has 0 saturated heterocycles. The summed E-state index contributed by atoms with van der Waals surface area (Å²) in [6.45, 7) is 2.01. The first-order valence-corrected chi connectivity index (χ1v) is 10.2. The molecule has 2 amide bonds. The van der Waals surface area contributed by atoms with E-state index in [1.165, 1.54) is 6.07 Å². The lowest BCUT2D eigenvalue weighted by Gasteiger charge is -2.22. The van der Waals surface area contributed by atoms with Crippen molar-refractivity contribution in [1.82, 2.24) is 4.90 Å². The van der Waals surface area contributed by atoms with Gasteiger partial charge in [0.05, 0.1) is 10.6 Å². The predicted octanol–water partition coefficient (Wildman–Crippen LogP) is 5.04. The van der Waals surface area contributed by atoms with E-state index in [9.17, 15) is 14.0 Å². The van der Waals surface area contributed by atoms with E-state index in [0.29, 0.717) is 33.1 Å². The molecule has 0 fully saturated rings. The zero-order chi connectivity index (χ0) is 22.0. The van der Waals surface area contributed by atoms with E-state index in [2.05, 4.69) is 5.32 Å². The number of carbonyl (C=O) groups is 2. The Hall–Kier alpha value is -3.38. The van der Waals surface area contributed by atoms with Gasteiger partial charge in [0.2, 0.25) is 0 Å². The summed E-state index contributed by atoms with van der Waals surface area (Å²) >= 11 is 6.11. The third-order valence-electron chi connectivity index (χ3n) is 5.08. The third-order valence-corrected chi connectivity index (χ3v) is 5.41. The van der Waals surface area contributed by atoms with Gasteiger partial charge < -0.3 is 15.0 Å². The second-order valence-corrected chi connectivity index (χ2v) is 7.71. The minimum Gasteiger partial charge on any atom is -0.481 e. The van der Waals surface area contributed by atoms with Crippen molar-refractivity contribution in [1.29, 1.82) is 0 Å². The van der Waals surface area contributed by atoms with Gasteiger partial charge >= 0.3 is 0 Å². The predicted molar refractivity (Wildman–Crippen MR) is 117 cm³/mol. The summed E-state index contributed by atoms with van der Waals surface area (Å²) in [5, 5.41) is 3.18. The fourth-order valence-electron chi connectivity index (χ4n) is 3.49. The molecular formula is C24H20ClFN2O3. The minimum atomic E-state index is -0.711. The number of hydrogen-bond acceptors (Lipinski definition) is 3. The van der Waals surface area contributed by atoms with Crippen molar-refractivity contribution in [2.24, 2.45) is 0 Å². The van der Waals surface area contributed by atoms with Crippen molar-refractivity contribution >= 4 is 29.1 Å². The van der Waals surface area contributed by atoms with Gasteiger partial charge in [-0.05, 0) is 43.3 Å². The van der Waals surface area contributed by atoms with Crippen molar-refractivity contribution in [2.45, 2.75) is 26.1 Å². The van der Waals surface area contributed by atoms with Crippen LogP contribution in [0, 0.1) is 5.82 Å². The van der Waals surface area contributed by atoms with E-state index in [1.54, 1.807) is 72.5 Å². The van der Waals surface area contributed by atoms with Gasteiger partial charge in [-0.25, -0.2) is 4.39 Å².